The van der Waals surface area contributed by atoms with E-state index in [2.05, 4.69) is 55.9 Å². The average molecular weight is 409 g/mol. The number of aryl methyl sites for hydroxylation is 3. The Morgan fingerprint density at radius 2 is 1.83 bits per heavy atom. The highest BCUT2D eigenvalue weighted by Crippen LogP contribution is 2.24. The molecule has 0 atom stereocenters. The molecule has 0 saturated heterocycles. The van der Waals surface area contributed by atoms with Gasteiger partial charge in [-0.05, 0) is 63.9 Å². The van der Waals surface area contributed by atoms with Crippen LogP contribution in [-0.2, 0) is 0 Å². The third-order valence-electron chi connectivity index (χ3n) is 4.89. The smallest absolute Gasteiger partial charge is 0.211 e. The molecule has 0 radical (unpaired) electrons. The molecular weight excluding hydrogens is 380 g/mol. The fourth-order valence-electron chi connectivity index (χ4n) is 3.09. The molecule has 0 fully saturated rings. The SMILES string of the molecule is CCN(CC)c1ccc(C=Nn2c(C)csc2=Nc2cc(C)ccc2C)c(O)c1. The highest BCUT2D eigenvalue weighted by Gasteiger charge is 2.07. The number of benzene rings is 2. The summed E-state index contributed by atoms with van der Waals surface area (Å²) in [6.07, 6.45) is 1.68. The second-order valence-electron chi connectivity index (χ2n) is 7.03. The second-order valence-corrected chi connectivity index (χ2v) is 7.87. The lowest BCUT2D eigenvalue weighted by atomic mass is 10.1. The lowest BCUT2D eigenvalue weighted by molar-refractivity contribution is 0.474. The van der Waals surface area contributed by atoms with Gasteiger partial charge in [-0.15, -0.1) is 11.3 Å². The van der Waals surface area contributed by atoms with Crippen molar-refractivity contribution in [3.8, 4) is 5.75 Å². The van der Waals surface area contributed by atoms with Crippen LogP contribution >= 0.6 is 11.3 Å². The van der Waals surface area contributed by atoms with Crippen molar-refractivity contribution < 1.29 is 5.11 Å². The van der Waals surface area contributed by atoms with E-state index in [4.69, 9.17) is 4.99 Å². The second kappa shape index (κ2) is 9.09. The lowest BCUT2D eigenvalue weighted by Gasteiger charge is -2.21. The van der Waals surface area contributed by atoms with Crippen LogP contribution in [0.15, 0.2) is 51.9 Å². The van der Waals surface area contributed by atoms with Crippen LogP contribution in [0.1, 0.15) is 36.2 Å². The minimum Gasteiger partial charge on any atom is -0.507 e. The zero-order valence-corrected chi connectivity index (χ0v) is 18.5. The van der Waals surface area contributed by atoms with Crippen LogP contribution in [0, 0.1) is 20.8 Å². The summed E-state index contributed by atoms with van der Waals surface area (Å²) in [6, 6.07) is 12.0. The molecule has 6 heteroatoms. The summed E-state index contributed by atoms with van der Waals surface area (Å²) in [5.74, 6) is 0.222. The predicted molar refractivity (Wildman–Crippen MR) is 123 cm³/mol. The van der Waals surface area contributed by atoms with Crippen LogP contribution in [0.25, 0.3) is 0 Å². The molecule has 1 aromatic heterocycles. The topological polar surface area (TPSA) is 53.1 Å². The monoisotopic (exact) mass is 408 g/mol. The first kappa shape index (κ1) is 20.9. The summed E-state index contributed by atoms with van der Waals surface area (Å²) in [6.45, 7) is 12.1. The summed E-state index contributed by atoms with van der Waals surface area (Å²) in [4.78, 5) is 7.81. The Labute approximate surface area is 176 Å². The Balaban J connectivity index is 1.96. The first-order valence-corrected chi connectivity index (χ1v) is 10.7. The number of aromatic hydroxyl groups is 1. The summed E-state index contributed by atoms with van der Waals surface area (Å²) in [7, 11) is 0. The van der Waals surface area contributed by atoms with Crippen molar-refractivity contribution in [1.82, 2.24) is 4.68 Å². The quantitative estimate of drug-likeness (QED) is 0.574. The van der Waals surface area contributed by atoms with Gasteiger partial charge in [0.15, 0.2) is 0 Å². The van der Waals surface area contributed by atoms with Gasteiger partial charge >= 0.3 is 0 Å². The molecule has 1 N–H and O–H groups in total. The number of phenolic OH excluding ortho intramolecular Hbond substituents is 1. The molecule has 0 saturated carbocycles. The summed E-state index contributed by atoms with van der Waals surface area (Å²) in [5.41, 5.74) is 5.93. The molecule has 152 valence electrons. The predicted octanol–water partition coefficient (Wildman–Crippen LogP) is 5.14. The number of thiazole rings is 1. The van der Waals surface area contributed by atoms with E-state index < -0.39 is 0 Å². The molecule has 5 nitrogen and oxygen atoms in total. The molecule has 1 heterocycles. The molecule has 0 unspecified atom stereocenters. The zero-order chi connectivity index (χ0) is 21.0. The summed E-state index contributed by atoms with van der Waals surface area (Å²) < 4.78 is 1.81. The van der Waals surface area contributed by atoms with Crippen molar-refractivity contribution in [2.24, 2.45) is 10.1 Å². The van der Waals surface area contributed by atoms with Gasteiger partial charge in [0, 0.05) is 35.8 Å². The van der Waals surface area contributed by atoms with E-state index in [0.717, 1.165) is 40.5 Å². The number of rotatable bonds is 6. The fraction of sp³-hybridized carbons (Fsp3) is 0.304. The number of aromatic nitrogens is 1. The minimum absolute atomic E-state index is 0.222. The van der Waals surface area contributed by atoms with Crippen molar-refractivity contribution >= 4 is 28.9 Å². The Morgan fingerprint density at radius 3 is 2.52 bits per heavy atom. The number of phenols is 1. The van der Waals surface area contributed by atoms with Gasteiger partial charge in [-0.1, -0.05) is 12.1 Å². The first-order chi connectivity index (χ1) is 13.9. The maximum Gasteiger partial charge on any atom is 0.211 e. The van der Waals surface area contributed by atoms with Gasteiger partial charge in [0.2, 0.25) is 4.80 Å². The molecule has 0 aliphatic heterocycles. The zero-order valence-electron chi connectivity index (χ0n) is 17.7. The molecule has 0 spiro atoms. The molecule has 29 heavy (non-hydrogen) atoms. The van der Waals surface area contributed by atoms with Gasteiger partial charge in [0.05, 0.1) is 17.6 Å². The first-order valence-electron chi connectivity index (χ1n) is 9.84. The maximum absolute atomic E-state index is 10.5. The third-order valence-corrected chi connectivity index (χ3v) is 5.82. The number of hydrogen-bond acceptors (Lipinski definition) is 5. The van der Waals surface area contributed by atoms with E-state index in [1.54, 1.807) is 23.6 Å². The molecule has 3 aromatic rings. The van der Waals surface area contributed by atoms with Gasteiger partial charge in [-0.2, -0.15) is 5.10 Å². The standard InChI is InChI=1S/C23H28N4OS/c1-6-26(7-2)20-11-10-19(22(28)13-20)14-24-27-18(5)15-29-23(27)25-21-12-16(3)8-9-17(21)4/h8-15,28H,6-7H2,1-5H3. The summed E-state index contributed by atoms with van der Waals surface area (Å²) >= 11 is 1.55. The van der Waals surface area contributed by atoms with E-state index >= 15 is 0 Å². The average Bonchev–Trinajstić information content (AvgIpc) is 3.04. The molecule has 2 aromatic carbocycles. The van der Waals surface area contributed by atoms with Crippen LogP contribution in [0.2, 0.25) is 0 Å². The minimum atomic E-state index is 0.222. The third kappa shape index (κ3) is 4.77. The van der Waals surface area contributed by atoms with Crippen molar-refractivity contribution in [3.05, 3.63) is 69.0 Å². The summed E-state index contributed by atoms with van der Waals surface area (Å²) in [5, 5.41) is 17.1. The Bertz CT molecular complexity index is 1090. The van der Waals surface area contributed by atoms with Crippen molar-refractivity contribution in [2.75, 3.05) is 18.0 Å². The Kier molecular flexibility index (Phi) is 6.54. The van der Waals surface area contributed by atoms with Crippen LogP contribution in [-0.4, -0.2) is 29.1 Å². The molecule has 0 aliphatic carbocycles. The van der Waals surface area contributed by atoms with Gasteiger partial charge < -0.3 is 10.0 Å². The highest BCUT2D eigenvalue weighted by atomic mass is 32.1. The van der Waals surface area contributed by atoms with E-state index in [1.807, 2.05) is 29.1 Å². The Hall–Kier alpha value is -2.86. The fourth-order valence-corrected chi connectivity index (χ4v) is 3.91. The molecule has 0 aliphatic rings. The maximum atomic E-state index is 10.5. The normalized spacial score (nSPS) is 12.1. The molecular formula is C23H28N4OS. The molecule has 0 bridgehead atoms. The van der Waals surface area contributed by atoms with Crippen LogP contribution in [0.5, 0.6) is 5.75 Å². The largest absolute Gasteiger partial charge is 0.507 e. The van der Waals surface area contributed by atoms with Crippen LogP contribution in [0.4, 0.5) is 11.4 Å². The van der Waals surface area contributed by atoms with E-state index in [0.29, 0.717) is 5.56 Å². The number of nitrogens with zero attached hydrogens (tertiary/aromatic N) is 4. The number of hydrogen-bond donors (Lipinski definition) is 1. The lowest BCUT2D eigenvalue weighted by Crippen LogP contribution is -2.21. The van der Waals surface area contributed by atoms with Gasteiger partial charge in [0.25, 0.3) is 0 Å². The van der Waals surface area contributed by atoms with Gasteiger partial charge in [-0.25, -0.2) is 9.67 Å². The van der Waals surface area contributed by atoms with Gasteiger partial charge in [-0.3, -0.25) is 0 Å². The highest BCUT2D eigenvalue weighted by molar-refractivity contribution is 7.07. The number of anilines is 1. The van der Waals surface area contributed by atoms with E-state index in [1.165, 1.54) is 5.56 Å². The van der Waals surface area contributed by atoms with Crippen molar-refractivity contribution in [3.63, 3.8) is 0 Å². The van der Waals surface area contributed by atoms with Crippen molar-refractivity contribution in [2.45, 2.75) is 34.6 Å². The van der Waals surface area contributed by atoms with Crippen LogP contribution in [0.3, 0.4) is 0 Å². The molecule has 3 rings (SSSR count). The van der Waals surface area contributed by atoms with Crippen molar-refractivity contribution in [1.29, 1.82) is 0 Å². The Morgan fingerprint density at radius 1 is 1.07 bits per heavy atom. The van der Waals surface area contributed by atoms with E-state index in [-0.39, 0.29) is 5.75 Å². The molecule has 0 amide bonds. The van der Waals surface area contributed by atoms with E-state index in [9.17, 15) is 5.11 Å². The van der Waals surface area contributed by atoms with Crippen LogP contribution < -0.4 is 9.70 Å². The van der Waals surface area contributed by atoms with Gasteiger partial charge in [0.1, 0.15) is 5.75 Å².